The first-order valence-electron chi connectivity index (χ1n) is 16.2. The van der Waals surface area contributed by atoms with Crippen molar-refractivity contribution in [1.82, 2.24) is 0 Å². The first-order chi connectivity index (χ1) is 20.8. The van der Waals surface area contributed by atoms with Gasteiger partial charge in [-0.25, -0.2) is 0 Å². The molecule has 6 aromatic rings. The molecule has 218 valence electrons. The Kier molecular flexibility index (Phi) is 5.43. The van der Waals surface area contributed by atoms with Crippen LogP contribution in [-0.2, 0) is 0 Å². The molecule has 0 unspecified atom stereocenters. The Bertz CT molecular complexity index is 2190. The van der Waals surface area contributed by atoms with E-state index in [1.807, 2.05) is 0 Å². The molecule has 0 aromatic heterocycles. The molecule has 0 saturated heterocycles. The van der Waals surface area contributed by atoms with E-state index in [1.165, 1.54) is 144 Å². The number of rotatable bonds is 1. The second-order valence-corrected chi connectivity index (χ2v) is 14.3. The van der Waals surface area contributed by atoms with Gasteiger partial charge in [-0.1, -0.05) is 36.4 Å². The van der Waals surface area contributed by atoms with Crippen LogP contribution in [0.3, 0.4) is 0 Å². The summed E-state index contributed by atoms with van der Waals surface area (Å²) in [6, 6.07) is 14.6. The molecule has 0 atom stereocenters. The van der Waals surface area contributed by atoms with Crippen LogP contribution in [0.2, 0.25) is 0 Å². The fourth-order valence-corrected chi connectivity index (χ4v) is 9.78. The normalized spacial score (nSPS) is 12.5. The molecule has 0 radical (unpaired) electrons. The highest BCUT2D eigenvalue weighted by Crippen LogP contribution is 2.58. The maximum Gasteiger partial charge on any atom is -0.00155 e. The average molecular weight is 571 g/mol. The highest BCUT2D eigenvalue weighted by atomic mass is 14.4. The highest BCUT2D eigenvalue weighted by Gasteiger charge is 2.33. The summed E-state index contributed by atoms with van der Waals surface area (Å²) in [6.07, 6.45) is 0. The molecule has 2 aliphatic rings. The van der Waals surface area contributed by atoms with Gasteiger partial charge < -0.3 is 0 Å². The van der Waals surface area contributed by atoms with Crippen molar-refractivity contribution in [2.24, 2.45) is 0 Å². The third-order valence-electron chi connectivity index (χ3n) is 11.2. The Hall–Kier alpha value is -4.16. The van der Waals surface area contributed by atoms with Gasteiger partial charge in [0.05, 0.1) is 0 Å². The molecule has 0 N–H and O–H groups in total. The fourth-order valence-electron chi connectivity index (χ4n) is 9.78. The van der Waals surface area contributed by atoms with E-state index in [4.69, 9.17) is 0 Å². The van der Waals surface area contributed by atoms with Gasteiger partial charge in [0.15, 0.2) is 0 Å². The molecule has 0 fully saturated rings. The van der Waals surface area contributed by atoms with Gasteiger partial charge in [0.1, 0.15) is 0 Å². The third-order valence-corrected chi connectivity index (χ3v) is 11.2. The van der Waals surface area contributed by atoms with Gasteiger partial charge in [0, 0.05) is 0 Å². The number of hydrogen-bond donors (Lipinski definition) is 0. The lowest BCUT2D eigenvalue weighted by Crippen LogP contribution is -1.98. The summed E-state index contributed by atoms with van der Waals surface area (Å²) in [5, 5.41) is 5.82. The Morgan fingerprint density at radius 2 is 0.477 bits per heavy atom. The summed E-state index contributed by atoms with van der Waals surface area (Å²) in [4.78, 5) is 0. The van der Waals surface area contributed by atoms with Gasteiger partial charge in [-0.2, -0.15) is 0 Å². The molecule has 8 rings (SSSR count). The van der Waals surface area contributed by atoms with E-state index in [1.54, 1.807) is 0 Å². The van der Waals surface area contributed by atoms with Crippen molar-refractivity contribution in [2.75, 3.05) is 0 Å². The quantitative estimate of drug-likeness (QED) is 0.184. The largest absolute Gasteiger partial charge is 0.0551 e. The van der Waals surface area contributed by atoms with E-state index >= 15 is 0 Å². The molecular weight excluding hydrogens is 528 g/mol. The molecule has 0 spiro atoms. The SMILES string of the molecule is Cc1cc(-c2cc(C)c3c(c2C)-c2c(C)cc(C)c4c(C)cc(C)c-3c24)c(C)c2c1-c1c(C)cc(C)c3c(C)cc(C)c-2c13. The van der Waals surface area contributed by atoms with Crippen LogP contribution in [-0.4, -0.2) is 0 Å². The molecule has 6 aromatic carbocycles. The Balaban J connectivity index is 1.48. The van der Waals surface area contributed by atoms with E-state index in [-0.39, 0.29) is 0 Å². The van der Waals surface area contributed by atoms with Crippen molar-refractivity contribution in [1.29, 1.82) is 0 Å². The summed E-state index contributed by atoms with van der Waals surface area (Å²) in [6.45, 7) is 27.8. The monoisotopic (exact) mass is 570 g/mol. The highest BCUT2D eigenvalue weighted by molar-refractivity contribution is 6.22. The zero-order chi connectivity index (χ0) is 31.3. The summed E-state index contributed by atoms with van der Waals surface area (Å²) in [7, 11) is 0. The predicted octanol–water partition coefficient (Wildman–Crippen LogP) is 12.7. The van der Waals surface area contributed by atoms with E-state index < -0.39 is 0 Å². The molecule has 0 saturated carbocycles. The zero-order valence-electron chi connectivity index (χ0n) is 28.5. The van der Waals surface area contributed by atoms with Gasteiger partial charge in [-0.05, 0) is 227 Å². The second-order valence-electron chi connectivity index (χ2n) is 14.3. The summed E-state index contributed by atoms with van der Waals surface area (Å²) < 4.78 is 0. The predicted molar refractivity (Wildman–Crippen MR) is 193 cm³/mol. The minimum Gasteiger partial charge on any atom is -0.0551 e. The van der Waals surface area contributed by atoms with Crippen molar-refractivity contribution in [3.8, 4) is 55.6 Å². The summed E-state index contributed by atoms with van der Waals surface area (Å²) >= 11 is 0. The van der Waals surface area contributed by atoms with Crippen molar-refractivity contribution >= 4 is 21.5 Å². The standard InChI is InChI=1S/C44H42/c1-19-13-23(5)37-35-27(9)17-31(29(11)41(35)39-25(7)15-21(3)33(19)43(37)39)32-18-28(10)36-38-24(6)14-20(2)34-22(4)16-26(8)40(44(34)38)42(36)30(32)12/h13-18H,1-12H3. The van der Waals surface area contributed by atoms with E-state index in [0.717, 1.165) is 0 Å². The molecule has 0 aliphatic heterocycles. The van der Waals surface area contributed by atoms with E-state index in [0.29, 0.717) is 0 Å². The second kappa shape index (κ2) is 8.72. The minimum atomic E-state index is 1.38. The first kappa shape index (κ1) is 27.4. The first-order valence-corrected chi connectivity index (χ1v) is 16.2. The lowest BCUT2D eigenvalue weighted by molar-refractivity contribution is 1.34. The number of fused-ring (bicyclic) bond motifs is 6. The van der Waals surface area contributed by atoms with Crippen molar-refractivity contribution < 1.29 is 0 Å². The minimum absolute atomic E-state index is 1.38. The number of aryl methyl sites for hydroxylation is 10. The maximum atomic E-state index is 2.50. The van der Waals surface area contributed by atoms with Crippen LogP contribution >= 0.6 is 0 Å². The van der Waals surface area contributed by atoms with Gasteiger partial charge in [0.25, 0.3) is 0 Å². The molecule has 0 bridgehead atoms. The van der Waals surface area contributed by atoms with Crippen molar-refractivity contribution in [2.45, 2.75) is 83.1 Å². The average Bonchev–Trinajstić information content (AvgIpc) is 3.49. The third kappa shape index (κ3) is 3.14. The van der Waals surface area contributed by atoms with Crippen LogP contribution in [0.15, 0.2) is 36.4 Å². The number of benzene rings is 6. The summed E-state index contributed by atoms with van der Waals surface area (Å²) in [5.41, 5.74) is 31.0. The van der Waals surface area contributed by atoms with Crippen LogP contribution in [0.1, 0.15) is 66.8 Å². The molecule has 0 nitrogen and oxygen atoms in total. The lowest BCUT2D eigenvalue weighted by Gasteiger charge is -2.21. The lowest BCUT2D eigenvalue weighted by atomic mass is 9.82. The van der Waals surface area contributed by atoms with Gasteiger partial charge in [-0.15, -0.1) is 0 Å². The van der Waals surface area contributed by atoms with Crippen molar-refractivity contribution in [3.05, 3.63) is 103 Å². The maximum absolute atomic E-state index is 2.50. The van der Waals surface area contributed by atoms with Crippen LogP contribution in [0.5, 0.6) is 0 Å². The Morgan fingerprint density at radius 1 is 0.227 bits per heavy atom. The van der Waals surface area contributed by atoms with Crippen LogP contribution in [0.25, 0.3) is 77.2 Å². The Labute approximate surface area is 262 Å². The smallest absolute Gasteiger partial charge is 0.00155 e. The molecule has 0 heteroatoms. The van der Waals surface area contributed by atoms with Crippen LogP contribution in [0, 0.1) is 83.1 Å². The zero-order valence-corrected chi connectivity index (χ0v) is 28.5. The van der Waals surface area contributed by atoms with E-state index in [2.05, 4.69) is 119 Å². The summed E-state index contributed by atoms with van der Waals surface area (Å²) in [5.74, 6) is 0. The molecule has 44 heavy (non-hydrogen) atoms. The van der Waals surface area contributed by atoms with Gasteiger partial charge >= 0.3 is 0 Å². The van der Waals surface area contributed by atoms with Crippen LogP contribution < -0.4 is 0 Å². The molecule has 0 heterocycles. The van der Waals surface area contributed by atoms with Crippen LogP contribution in [0.4, 0.5) is 0 Å². The molecule has 2 aliphatic carbocycles. The molecule has 0 amide bonds. The fraction of sp³-hybridized carbons (Fsp3) is 0.273. The number of hydrogen-bond acceptors (Lipinski definition) is 0. The molecular formula is C44H42. The topological polar surface area (TPSA) is 0 Å². The van der Waals surface area contributed by atoms with E-state index in [9.17, 15) is 0 Å². The Morgan fingerprint density at radius 3 is 0.773 bits per heavy atom. The van der Waals surface area contributed by atoms with Gasteiger partial charge in [0.2, 0.25) is 0 Å². The van der Waals surface area contributed by atoms with Gasteiger partial charge in [-0.3, -0.25) is 0 Å². The van der Waals surface area contributed by atoms with Crippen molar-refractivity contribution in [3.63, 3.8) is 0 Å².